The Labute approximate surface area is 150 Å². The van der Waals surface area contributed by atoms with Crippen molar-refractivity contribution in [3.63, 3.8) is 0 Å². The molecule has 130 valence electrons. The lowest BCUT2D eigenvalue weighted by Gasteiger charge is -2.18. The molecule has 1 aromatic rings. The maximum atomic E-state index is 13.1. The van der Waals surface area contributed by atoms with Gasteiger partial charge in [-0.1, -0.05) is 18.9 Å². The first kappa shape index (κ1) is 20.0. The second kappa shape index (κ2) is 8.70. The summed E-state index contributed by atoms with van der Waals surface area (Å²) >= 11 is 0. The molecule has 0 amide bonds. The first-order valence-corrected chi connectivity index (χ1v) is 7.23. The van der Waals surface area contributed by atoms with Crippen LogP contribution >= 0.6 is 24.0 Å². The lowest BCUT2D eigenvalue weighted by Crippen LogP contribution is -2.42. The fourth-order valence-electron chi connectivity index (χ4n) is 2.60. The summed E-state index contributed by atoms with van der Waals surface area (Å²) in [6.07, 6.45) is -0.229. The van der Waals surface area contributed by atoms with E-state index < -0.39 is 17.6 Å². The van der Waals surface area contributed by atoms with E-state index in [0.717, 1.165) is 37.8 Å². The molecule has 0 unspecified atom stereocenters. The van der Waals surface area contributed by atoms with Gasteiger partial charge in [0.1, 0.15) is 5.82 Å². The Kier molecular flexibility index (Phi) is 7.56. The van der Waals surface area contributed by atoms with Gasteiger partial charge in [0, 0.05) is 19.6 Å². The summed E-state index contributed by atoms with van der Waals surface area (Å²) in [5.41, 5.74) is -0.973. The molecule has 1 aliphatic rings. The molecule has 2 N–H and O–H groups in total. The molecule has 0 saturated heterocycles. The lowest BCUT2D eigenvalue weighted by atomic mass is 10.1. The van der Waals surface area contributed by atoms with Crippen LogP contribution in [0.1, 0.15) is 36.8 Å². The highest BCUT2D eigenvalue weighted by atomic mass is 127. The van der Waals surface area contributed by atoms with E-state index >= 15 is 0 Å². The maximum absolute atomic E-state index is 13.1. The highest BCUT2D eigenvalue weighted by Gasteiger charge is 2.33. The van der Waals surface area contributed by atoms with E-state index in [2.05, 4.69) is 15.6 Å². The number of hydrogen-bond acceptors (Lipinski definition) is 1. The average Bonchev–Trinajstić information content (AvgIpc) is 2.96. The predicted molar refractivity (Wildman–Crippen MR) is 92.4 cm³/mol. The minimum Gasteiger partial charge on any atom is -0.354 e. The van der Waals surface area contributed by atoms with Gasteiger partial charge in [0.15, 0.2) is 5.96 Å². The van der Waals surface area contributed by atoms with Crippen LogP contribution < -0.4 is 10.6 Å². The molecular formula is C15H20F4IN3. The van der Waals surface area contributed by atoms with Crippen LogP contribution in [0.3, 0.4) is 0 Å². The van der Waals surface area contributed by atoms with Crippen LogP contribution in [-0.2, 0) is 12.7 Å². The van der Waals surface area contributed by atoms with Crippen molar-refractivity contribution in [2.45, 2.75) is 44.4 Å². The Bertz CT molecular complexity index is 540. The third kappa shape index (κ3) is 5.82. The molecule has 1 saturated carbocycles. The van der Waals surface area contributed by atoms with Crippen LogP contribution in [0.25, 0.3) is 0 Å². The average molecular weight is 445 g/mol. The molecule has 2 rings (SSSR count). The number of rotatable bonds is 3. The second-order valence-electron chi connectivity index (χ2n) is 5.35. The molecule has 0 radical (unpaired) electrons. The number of alkyl halides is 3. The number of benzene rings is 1. The fourth-order valence-corrected chi connectivity index (χ4v) is 2.60. The number of nitrogens with zero attached hydrogens (tertiary/aromatic N) is 1. The molecule has 1 aliphatic carbocycles. The molecule has 1 aromatic carbocycles. The third-order valence-corrected chi connectivity index (χ3v) is 3.74. The number of nitrogens with one attached hydrogen (secondary N) is 2. The second-order valence-corrected chi connectivity index (χ2v) is 5.35. The smallest absolute Gasteiger partial charge is 0.354 e. The molecule has 23 heavy (non-hydrogen) atoms. The Morgan fingerprint density at radius 3 is 2.48 bits per heavy atom. The van der Waals surface area contributed by atoms with Crippen molar-refractivity contribution in [2.24, 2.45) is 4.99 Å². The van der Waals surface area contributed by atoms with Gasteiger partial charge in [-0.3, -0.25) is 4.99 Å². The fraction of sp³-hybridized carbons (Fsp3) is 0.533. The quantitative estimate of drug-likeness (QED) is 0.319. The van der Waals surface area contributed by atoms with Crippen molar-refractivity contribution >= 4 is 29.9 Å². The van der Waals surface area contributed by atoms with E-state index in [1.165, 1.54) is 0 Å². The van der Waals surface area contributed by atoms with E-state index in [1.54, 1.807) is 7.05 Å². The van der Waals surface area contributed by atoms with Crippen molar-refractivity contribution in [3.8, 4) is 0 Å². The minimum absolute atomic E-state index is 0. The summed E-state index contributed by atoms with van der Waals surface area (Å²) < 4.78 is 51.8. The van der Waals surface area contributed by atoms with Gasteiger partial charge in [0.2, 0.25) is 0 Å². The molecule has 0 aromatic heterocycles. The molecule has 0 atom stereocenters. The zero-order valence-corrected chi connectivity index (χ0v) is 15.0. The summed E-state index contributed by atoms with van der Waals surface area (Å²) in [7, 11) is 1.57. The Balaban J connectivity index is 0.00000264. The van der Waals surface area contributed by atoms with Gasteiger partial charge < -0.3 is 10.6 Å². The lowest BCUT2D eigenvalue weighted by molar-refractivity contribution is -0.138. The van der Waals surface area contributed by atoms with Crippen molar-refractivity contribution < 1.29 is 17.6 Å². The summed E-state index contributed by atoms with van der Waals surface area (Å²) in [5, 5.41) is 6.05. The topological polar surface area (TPSA) is 36.4 Å². The number of halogens is 5. The van der Waals surface area contributed by atoms with Crippen LogP contribution in [0.5, 0.6) is 0 Å². The van der Waals surface area contributed by atoms with Crippen LogP contribution in [0.2, 0.25) is 0 Å². The third-order valence-electron chi connectivity index (χ3n) is 3.74. The highest BCUT2D eigenvalue weighted by molar-refractivity contribution is 14.0. The van der Waals surface area contributed by atoms with Gasteiger partial charge in [0.05, 0.1) is 5.56 Å². The van der Waals surface area contributed by atoms with E-state index in [4.69, 9.17) is 0 Å². The first-order valence-electron chi connectivity index (χ1n) is 7.23. The van der Waals surface area contributed by atoms with Crippen LogP contribution in [0, 0.1) is 5.82 Å². The van der Waals surface area contributed by atoms with Crippen molar-refractivity contribution in [2.75, 3.05) is 7.05 Å². The molecule has 0 heterocycles. The zero-order chi connectivity index (χ0) is 16.2. The molecule has 0 spiro atoms. The van der Waals surface area contributed by atoms with Gasteiger partial charge in [-0.2, -0.15) is 13.2 Å². The van der Waals surface area contributed by atoms with Crippen molar-refractivity contribution in [1.29, 1.82) is 0 Å². The molecule has 0 aliphatic heterocycles. The summed E-state index contributed by atoms with van der Waals surface area (Å²) in [5.74, 6) is -0.436. The standard InChI is InChI=1S/C15H19F4N3.HI/c1-20-14(22-12-4-2-3-5-12)21-9-10-6-7-11(16)8-13(10)15(17,18)19;/h6-8,12H,2-5,9H2,1H3,(H2,20,21,22);1H. The van der Waals surface area contributed by atoms with Crippen molar-refractivity contribution in [1.82, 2.24) is 10.6 Å². The maximum Gasteiger partial charge on any atom is 0.416 e. The molecular weight excluding hydrogens is 425 g/mol. The van der Waals surface area contributed by atoms with Crippen LogP contribution in [-0.4, -0.2) is 19.0 Å². The van der Waals surface area contributed by atoms with Gasteiger partial charge in [-0.25, -0.2) is 4.39 Å². The Morgan fingerprint density at radius 1 is 1.26 bits per heavy atom. The van der Waals surface area contributed by atoms with E-state index in [9.17, 15) is 17.6 Å². The zero-order valence-electron chi connectivity index (χ0n) is 12.7. The Hall–Kier alpha value is -1.06. The summed E-state index contributed by atoms with van der Waals surface area (Å²) in [6.45, 7) is -0.0679. The van der Waals surface area contributed by atoms with Crippen molar-refractivity contribution in [3.05, 3.63) is 35.1 Å². The van der Waals surface area contributed by atoms with Gasteiger partial charge in [-0.15, -0.1) is 24.0 Å². The van der Waals surface area contributed by atoms with E-state index in [1.807, 2.05) is 0 Å². The molecule has 0 bridgehead atoms. The predicted octanol–water partition coefficient (Wildman–Crippen LogP) is 4.07. The largest absolute Gasteiger partial charge is 0.416 e. The summed E-state index contributed by atoms with van der Waals surface area (Å²) in [6, 6.07) is 3.00. The Morgan fingerprint density at radius 2 is 1.91 bits per heavy atom. The van der Waals surface area contributed by atoms with Crippen LogP contribution in [0.15, 0.2) is 23.2 Å². The number of guanidine groups is 1. The molecule has 3 nitrogen and oxygen atoms in total. The van der Waals surface area contributed by atoms with Gasteiger partial charge in [-0.05, 0) is 30.5 Å². The molecule has 8 heteroatoms. The van der Waals surface area contributed by atoms with Gasteiger partial charge >= 0.3 is 6.18 Å². The first-order chi connectivity index (χ1) is 10.4. The van der Waals surface area contributed by atoms with E-state index in [0.29, 0.717) is 18.1 Å². The normalized spacial score (nSPS) is 16.1. The minimum atomic E-state index is -4.58. The SMILES string of the molecule is CN=C(NCc1ccc(F)cc1C(F)(F)F)NC1CCCC1.I. The monoisotopic (exact) mass is 445 g/mol. The molecule has 1 fully saturated rings. The van der Waals surface area contributed by atoms with Gasteiger partial charge in [0.25, 0.3) is 0 Å². The number of hydrogen-bond donors (Lipinski definition) is 2. The van der Waals surface area contributed by atoms with E-state index in [-0.39, 0.29) is 36.1 Å². The van der Waals surface area contributed by atoms with Crippen LogP contribution in [0.4, 0.5) is 17.6 Å². The summed E-state index contributed by atoms with van der Waals surface area (Å²) in [4.78, 5) is 4.02. The number of aliphatic imine (C=N–C) groups is 1. The highest BCUT2D eigenvalue weighted by Crippen LogP contribution is 2.32.